The van der Waals surface area contributed by atoms with E-state index in [0.29, 0.717) is 11.3 Å². The molecule has 0 saturated carbocycles. The van der Waals surface area contributed by atoms with Gasteiger partial charge in [0, 0.05) is 23.4 Å². The van der Waals surface area contributed by atoms with E-state index in [1.165, 1.54) is 18.2 Å². The first-order valence-corrected chi connectivity index (χ1v) is 8.98. The van der Waals surface area contributed by atoms with Gasteiger partial charge in [0.05, 0.1) is 0 Å². The Bertz CT molecular complexity index is 1050. The van der Waals surface area contributed by atoms with Gasteiger partial charge in [0.1, 0.15) is 11.5 Å². The molecule has 6 heteroatoms. The van der Waals surface area contributed by atoms with Crippen molar-refractivity contribution in [1.82, 2.24) is 10.6 Å². The van der Waals surface area contributed by atoms with Gasteiger partial charge >= 0.3 is 0 Å². The Kier molecular flexibility index (Phi) is 6.37. The molecule has 29 heavy (non-hydrogen) atoms. The van der Waals surface area contributed by atoms with Crippen molar-refractivity contribution in [3.8, 4) is 0 Å². The van der Waals surface area contributed by atoms with Crippen molar-refractivity contribution in [2.45, 2.75) is 6.54 Å². The SMILES string of the molecule is Nc1cccc(CNC(=O)/C(=C/c2ccccc2F)NC(=O)c2ccccc2)c1. The number of hydrogen-bond donors (Lipinski definition) is 3. The van der Waals surface area contributed by atoms with Crippen LogP contribution in [0.3, 0.4) is 0 Å². The van der Waals surface area contributed by atoms with Gasteiger partial charge in [0.15, 0.2) is 0 Å². The van der Waals surface area contributed by atoms with Crippen LogP contribution >= 0.6 is 0 Å². The minimum Gasteiger partial charge on any atom is -0.399 e. The fraction of sp³-hybridized carbons (Fsp3) is 0.0435. The molecule has 0 saturated heterocycles. The largest absolute Gasteiger partial charge is 0.399 e. The maximum absolute atomic E-state index is 14.1. The highest BCUT2D eigenvalue weighted by Crippen LogP contribution is 2.12. The van der Waals surface area contributed by atoms with Crippen LogP contribution in [0, 0.1) is 5.82 Å². The Morgan fingerprint density at radius 2 is 1.66 bits per heavy atom. The summed E-state index contributed by atoms with van der Waals surface area (Å²) in [6.07, 6.45) is 1.31. The van der Waals surface area contributed by atoms with Crippen molar-refractivity contribution >= 4 is 23.6 Å². The number of carbonyl (C=O) groups excluding carboxylic acids is 2. The van der Waals surface area contributed by atoms with Crippen LogP contribution in [0.1, 0.15) is 21.5 Å². The van der Waals surface area contributed by atoms with E-state index in [0.717, 1.165) is 5.56 Å². The number of benzene rings is 3. The summed E-state index contributed by atoms with van der Waals surface area (Å²) in [7, 11) is 0. The van der Waals surface area contributed by atoms with Crippen molar-refractivity contribution in [1.29, 1.82) is 0 Å². The highest BCUT2D eigenvalue weighted by atomic mass is 19.1. The van der Waals surface area contributed by atoms with Crippen LogP contribution in [0.25, 0.3) is 6.08 Å². The van der Waals surface area contributed by atoms with Gasteiger partial charge in [-0.3, -0.25) is 9.59 Å². The van der Waals surface area contributed by atoms with Gasteiger partial charge < -0.3 is 16.4 Å². The minimum absolute atomic E-state index is 0.0622. The van der Waals surface area contributed by atoms with Crippen LogP contribution in [0.15, 0.2) is 84.6 Å². The Morgan fingerprint density at radius 1 is 0.931 bits per heavy atom. The Balaban J connectivity index is 1.82. The van der Waals surface area contributed by atoms with Crippen molar-refractivity contribution < 1.29 is 14.0 Å². The molecule has 0 unspecified atom stereocenters. The van der Waals surface area contributed by atoms with Gasteiger partial charge in [-0.1, -0.05) is 48.5 Å². The van der Waals surface area contributed by atoms with E-state index in [4.69, 9.17) is 5.73 Å². The average molecular weight is 389 g/mol. The standard InChI is InChI=1S/C23H20FN3O2/c24-20-12-5-4-10-18(20)14-21(27-22(28)17-8-2-1-3-9-17)23(29)26-15-16-7-6-11-19(25)13-16/h1-14H,15,25H2,(H,26,29)(H,27,28)/b21-14-. The molecule has 5 nitrogen and oxygen atoms in total. The van der Waals surface area contributed by atoms with E-state index >= 15 is 0 Å². The van der Waals surface area contributed by atoms with E-state index in [2.05, 4.69) is 10.6 Å². The summed E-state index contributed by atoms with van der Waals surface area (Å²) in [5, 5.41) is 5.30. The number of anilines is 1. The summed E-state index contributed by atoms with van der Waals surface area (Å²) in [4.78, 5) is 25.2. The molecule has 0 fully saturated rings. The molecule has 0 atom stereocenters. The quantitative estimate of drug-likeness (QED) is 0.446. The summed E-state index contributed by atoms with van der Waals surface area (Å²) in [5.74, 6) is -1.50. The Labute approximate surface area is 168 Å². The topological polar surface area (TPSA) is 84.2 Å². The molecule has 0 aliphatic heterocycles. The zero-order chi connectivity index (χ0) is 20.6. The van der Waals surface area contributed by atoms with Crippen molar-refractivity contribution in [3.05, 3.63) is 107 Å². The molecule has 0 aromatic heterocycles. The Morgan fingerprint density at radius 3 is 2.38 bits per heavy atom. The van der Waals surface area contributed by atoms with Crippen molar-refractivity contribution in [3.63, 3.8) is 0 Å². The van der Waals surface area contributed by atoms with Gasteiger partial charge in [-0.25, -0.2) is 4.39 Å². The molecule has 0 aliphatic rings. The second-order valence-corrected chi connectivity index (χ2v) is 6.33. The third-order valence-corrected chi connectivity index (χ3v) is 4.14. The molecule has 3 rings (SSSR count). The lowest BCUT2D eigenvalue weighted by Crippen LogP contribution is -2.34. The van der Waals surface area contributed by atoms with E-state index in [1.807, 2.05) is 6.07 Å². The van der Waals surface area contributed by atoms with Crippen molar-refractivity contribution in [2.75, 3.05) is 5.73 Å². The van der Waals surface area contributed by atoms with Crippen LogP contribution < -0.4 is 16.4 Å². The number of nitrogens with one attached hydrogen (secondary N) is 2. The van der Waals surface area contributed by atoms with Crippen LogP contribution in [0.4, 0.5) is 10.1 Å². The van der Waals surface area contributed by atoms with Gasteiger partial charge in [0.2, 0.25) is 0 Å². The Hall–Kier alpha value is -3.93. The molecule has 2 amide bonds. The first-order chi connectivity index (χ1) is 14.0. The molecule has 3 aromatic carbocycles. The van der Waals surface area contributed by atoms with E-state index in [9.17, 15) is 14.0 Å². The molecule has 3 aromatic rings. The summed E-state index contributed by atoms with van der Waals surface area (Å²) < 4.78 is 14.1. The molecule has 4 N–H and O–H groups in total. The van der Waals surface area contributed by atoms with Crippen LogP contribution in [-0.2, 0) is 11.3 Å². The lowest BCUT2D eigenvalue weighted by atomic mass is 10.1. The fourth-order valence-corrected chi connectivity index (χ4v) is 2.67. The summed E-state index contributed by atoms with van der Waals surface area (Å²) >= 11 is 0. The molecule has 146 valence electrons. The van der Waals surface area contributed by atoms with E-state index in [1.54, 1.807) is 60.7 Å². The van der Waals surface area contributed by atoms with E-state index < -0.39 is 17.6 Å². The molecule has 0 heterocycles. The van der Waals surface area contributed by atoms with Gasteiger partial charge in [-0.2, -0.15) is 0 Å². The fourth-order valence-electron chi connectivity index (χ4n) is 2.67. The van der Waals surface area contributed by atoms with Crippen LogP contribution in [0.2, 0.25) is 0 Å². The van der Waals surface area contributed by atoms with Gasteiger partial charge in [0.25, 0.3) is 11.8 Å². The second kappa shape index (κ2) is 9.32. The van der Waals surface area contributed by atoms with Crippen LogP contribution in [-0.4, -0.2) is 11.8 Å². The van der Waals surface area contributed by atoms with Crippen LogP contribution in [0.5, 0.6) is 0 Å². The molecule has 0 bridgehead atoms. The smallest absolute Gasteiger partial charge is 0.268 e. The summed E-state index contributed by atoms with van der Waals surface area (Å²) in [6, 6.07) is 21.6. The van der Waals surface area contributed by atoms with E-state index in [-0.39, 0.29) is 17.8 Å². The lowest BCUT2D eigenvalue weighted by molar-refractivity contribution is -0.117. The summed E-state index contributed by atoms with van der Waals surface area (Å²) in [6.45, 7) is 0.208. The molecule has 0 spiro atoms. The maximum atomic E-state index is 14.1. The first kappa shape index (κ1) is 19.8. The molecular formula is C23H20FN3O2. The van der Waals surface area contributed by atoms with Gasteiger partial charge in [-0.15, -0.1) is 0 Å². The molecular weight excluding hydrogens is 369 g/mol. The highest BCUT2D eigenvalue weighted by Gasteiger charge is 2.15. The third kappa shape index (κ3) is 5.52. The van der Waals surface area contributed by atoms with Gasteiger partial charge in [-0.05, 0) is 42.0 Å². The molecule has 0 radical (unpaired) electrons. The predicted molar refractivity (Wildman–Crippen MR) is 111 cm³/mol. The molecule has 0 aliphatic carbocycles. The number of nitrogen functional groups attached to an aromatic ring is 1. The number of carbonyl (C=O) groups is 2. The van der Waals surface area contributed by atoms with Crippen molar-refractivity contribution in [2.24, 2.45) is 0 Å². The zero-order valence-corrected chi connectivity index (χ0v) is 15.6. The number of halogens is 1. The lowest BCUT2D eigenvalue weighted by Gasteiger charge is -2.12. The minimum atomic E-state index is -0.542. The average Bonchev–Trinajstić information content (AvgIpc) is 2.73. The number of hydrogen-bond acceptors (Lipinski definition) is 3. The number of rotatable bonds is 6. The normalized spacial score (nSPS) is 11.0. The highest BCUT2D eigenvalue weighted by molar-refractivity contribution is 6.05. The number of amides is 2. The number of nitrogens with two attached hydrogens (primary N) is 1. The maximum Gasteiger partial charge on any atom is 0.268 e. The third-order valence-electron chi connectivity index (χ3n) is 4.14. The monoisotopic (exact) mass is 389 g/mol. The second-order valence-electron chi connectivity index (χ2n) is 6.33. The zero-order valence-electron chi connectivity index (χ0n) is 15.6. The summed E-state index contributed by atoms with van der Waals surface area (Å²) in [5.41, 5.74) is 7.65. The predicted octanol–water partition coefficient (Wildman–Crippen LogP) is 3.50. The first-order valence-electron chi connectivity index (χ1n) is 8.98.